The highest BCUT2D eigenvalue weighted by atomic mass is 127. The van der Waals surface area contributed by atoms with Gasteiger partial charge in [-0.2, -0.15) is 0 Å². The second-order valence-corrected chi connectivity index (χ2v) is 7.43. The highest BCUT2D eigenvalue weighted by molar-refractivity contribution is 14.0. The summed E-state index contributed by atoms with van der Waals surface area (Å²) in [5.74, 6) is 0.811. The van der Waals surface area contributed by atoms with E-state index in [1.54, 1.807) is 7.05 Å². The Hall–Kier alpha value is -0.870. The van der Waals surface area contributed by atoms with E-state index in [0.29, 0.717) is 6.54 Å². The molecule has 6 nitrogen and oxygen atoms in total. The van der Waals surface area contributed by atoms with Gasteiger partial charge in [-0.05, 0) is 24.5 Å². The van der Waals surface area contributed by atoms with Gasteiger partial charge in [0.25, 0.3) is 0 Å². The molecule has 2 N–H and O–H groups in total. The van der Waals surface area contributed by atoms with Crippen molar-refractivity contribution in [3.63, 3.8) is 0 Å². The van der Waals surface area contributed by atoms with Crippen molar-refractivity contribution in [2.75, 3.05) is 33.1 Å². The average Bonchev–Trinajstić information content (AvgIpc) is 2.50. The van der Waals surface area contributed by atoms with Gasteiger partial charge in [0.15, 0.2) is 15.8 Å². The number of aliphatic imine (C=N–C) groups is 1. The normalized spacial score (nSPS) is 11.7. The molecule has 24 heavy (non-hydrogen) atoms. The zero-order chi connectivity index (χ0) is 17.1. The lowest BCUT2D eigenvalue weighted by atomic mass is 10.1. The van der Waals surface area contributed by atoms with Crippen molar-refractivity contribution >= 4 is 39.8 Å². The molecule has 1 aromatic rings. The van der Waals surface area contributed by atoms with Crippen LogP contribution in [0.5, 0.6) is 0 Å². The standard InChI is InChI=1S/C16H27N3O3S.HI/c1-4-22-11-5-10-18-16(17-2)19-12-14-6-8-15(9-7-14)13-23(3,20)21;/h6-9H,4-5,10-13H2,1-3H3,(H2,17,18,19);1H. The van der Waals surface area contributed by atoms with Crippen LogP contribution in [0.4, 0.5) is 0 Å². The zero-order valence-corrected chi connectivity index (χ0v) is 17.7. The minimum atomic E-state index is -2.99. The first-order chi connectivity index (χ1) is 10.9. The van der Waals surface area contributed by atoms with Gasteiger partial charge in [0, 0.05) is 39.6 Å². The summed E-state index contributed by atoms with van der Waals surface area (Å²) in [4.78, 5) is 4.16. The molecule has 1 aromatic carbocycles. The van der Waals surface area contributed by atoms with Crippen molar-refractivity contribution in [1.29, 1.82) is 0 Å². The predicted molar refractivity (Wildman–Crippen MR) is 110 cm³/mol. The number of ether oxygens (including phenoxy) is 1. The van der Waals surface area contributed by atoms with Crippen LogP contribution in [0.1, 0.15) is 24.5 Å². The monoisotopic (exact) mass is 469 g/mol. The first-order valence-electron chi connectivity index (χ1n) is 7.72. The fraction of sp³-hybridized carbons (Fsp3) is 0.562. The van der Waals surface area contributed by atoms with Crippen LogP contribution in [0.15, 0.2) is 29.3 Å². The van der Waals surface area contributed by atoms with Crippen LogP contribution in [-0.4, -0.2) is 47.4 Å². The van der Waals surface area contributed by atoms with Crippen LogP contribution >= 0.6 is 24.0 Å². The topological polar surface area (TPSA) is 79.8 Å². The molecule has 1 rings (SSSR count). The minimum absolute atomic E-state index is 0. The smallest absolute Gasteiger partial charge is 0.191 e. The van der Waals surface area contributed by atoms with Gasteiger partial charge in [-0.1, -0.05) is 24.3 Å². The van der Waals surface area contributed by atoms with Gasteiger partial charge in [0.1, 0.15) is 0 Å². The van der Waals surface area contributed by atoms with Crippen LogP contribution in [0.25, 0.3) is 0 Å². The molecular weight excluding hydrogens is 441 g/mol. The minimum Gasteiger partial charge on any atom is -0.382 e. The Balaban J connectivity index is 0.00000529. The van der Waals surface area contributed by atoms with Gasteiger partial charge in [-0.3, -0.25) is 4.99 Å². The fourth-order valence-corrected chi connectivity index (χ4v) is 2.79. The maximum absolute atomic E-state index is 11.3. The van der Waals surface area contributed by atoms with E-state index in [-0.39, 0.29) is 29.7 Å². The summed E-state index contributed by atoms with van der Waals surface area (Å²) in [6.07, 6.45) is 2.17. The molecule has 0 spiro atoms. The number of guanidine groups is 1. The van der Waals surface area contributed by atoms with Gasteiger partial charge in [0.2, 0.25) is 0 Å². The van der Waals surface area contributed by atoms with Crippen molar-refractivity contribution in [2.45, 2.75) is 25.6 Å². The molecule has 138 valence electrons. The molecule has 0 fully saturated rings. The second-order valence-electron chi connectivity index (χ2n) is 5.29. The number of nitrogens with zero attached hydrogens (tertiary/aromatic N) is 1. The van der Waals surface area contributed by atoms with Crippen molar-refractivity contribution in [3.05, 3.63) is 35.4 Å². The molecule has 0 heterocycles. The first kappa shape index (κ1) is 23.1. The maximum atomic E-state index is 11.3. The van der Waals surface area contributed by atoms with E-state index >= 15 is 0 Å². The van der Waals surface area contributed by atoms with Gasteiger partial charge in [0.05, 0.1) is 5.75 Å². The average molecular weight is 469 g/mol. The molecule has 8 heteroatoms. The lowest BCUT2D eigenvalue weighted by Gasteiger charge is -2.12. The molecule has 0 atom stereocenters. The summed E-state index contributed by atoms with van der Waals surface area (Å²) in [5.41, 5.74) is 1.87. The number of halogens is 1. The third-order valence-corrected chi connectivity index (χ3v) is 3.96. The third-order valence-electron chi connectivity index (χ3n) is 3.10. The molecule has 0 aromatic heterocycles. The molecule has 0 amide bonds. The van der Waals surface area contributed by atoms with Gasteiger partial charge < -0.3 is 15.4 Å². The summed E-state index contributed by atoms with van der Waals surface area (Å²) in [6.45, 7) is 4.89. The predicted octanol–water partition coefficient (Wildman–Crippen LogP) is 1.94. The number of rotatable bonds is 9. The van der Waals surface area contributed by atoms with E-state index in [9.17, 15) is 8.42 Å². The summed E-state index contributed by atoms with van der Waals surface area (Å²) in [7, 11) is -1.26. The Morgan fingerprint density at radius 2 is 1.79 bits per heavy atom. The van der Waals surface area contributed by atoms with Crippen LogP contribution in [-0.2, 0) is 26.9 Å². The lowest BCUT2D eigenvalue weighted by molar-refractivity contribution is 0.145. The van der Waals surface area contributed by atoms with Crippen molar-refractivity contribution in [2.24, 2.45) is 4.99 Å². The highest BCUT2D eigenvalue weighted by Crippen LogP contribution is 2.07. The molecule has 0 aliphatic heterocycles. The second kappa shape index (κ2) is 12.5. The Morgan fingerprint density at radius 3 is 2.33 bits per heavy atom. The van der Waals surface area contributed by atoms with Gasteiger partial charge >= 0.3 is 0 Å². The molecule has 0 aliphatic carbocycles. The first-order valence-corrected chi connectivity index (χ1v) is 9.78. The van der Waals surface area contributed by atoms with Crippen LogP contribution < -0.4 is 10.6 Å². The molecule has 0 saturated heterocycles. The van der Waals surface area contributed by atoms with E-state index in [2.05, 4.69) is 15.6 Å². The zero-order valence-electron chi connectivity index (χ0n) is 14.5. The molecule has 0 aliphatic rings. The summed E-state index contributed by atoms with van der Waals surface area (Å²) < 4.78 is 27.8. The molecule has 0 saturated carbocycles. The lowest BCUT2D eigenvalue weighted by Crippen LogP contribution is -2.37. The van der Waals surface area contributed by atoms with Crippen molar-refractivity contribution in [1.82, 2.24) is 10.6 Å². The Bertz CT molecular complexity index is 589. The van der Waals surface area contributed by atoms with Crippen LogP contribution in [0, 0.1) is 0 Å². The third kappa shape index (κ3) is 10.8. The largest absolute Gasteiger partial charge is 0.382 e. The molecule has 0 unspecified atom stereocenters. The molecular formula is C16H28IN3O3S. The SMILES string of the molecule is CCOCCCNC(=NC)NCc1ccc(CS(C)(=O)=O)cc1.I. The van der Waals surface area contributed by atoms with Gasteiger partial charge in [-0.15, -0.1) is 24.0 Å². The fourth-order valence-electron chi connectivity index (χ4n) is 1.99. The number of benzene rings is 1. The summed E-state index contributed by atoms with van der Waals surface area (Å²) >= 11 is 0. The summed E-state index contributed by atoms with van der Waals surface area (Å²) in [5, 5.41) is 6.44. The molecule has 0 bridgehead atoms. The number of hydrogen-bond donors (Lipinski definition) is 2. The van der Waals surface area contributed by atoms with Crippen LogP contribution in [0.2, 0.25) is 0 Å². The van der Waals surface area contributed by atoms with Crippen molar-refractivity contribution in [3.8, 4) is 0 Å². The summed E-state index contributed by atoms with van der Waals surface area (Å²) in [6, 6.07) is 7.54. The molecule has 0 radical (unpaired) electrons. The van der Waals surface area contributed by atoms with E-state index in [4.69, 9.17) is 4.74 Å². The number of hydrogen-bond acceptors (Lipinski definition) is 4. The highest BCUT2D eigenvalue weighted by Gasteiger charge is 2.04. The maximum Gasteiger partial charge on any atom is 0.191 e. The number of nitrogens with one attached hydrogen (secondary N) is 2. The Labute approximate surface area is 162 Å². The van der Waals surface area contributed by atoms with Crippen LogP contribution in [0.3, 0.4) is 0 Å². The van der Waals surface area contributed by atoms with E-state index < -0.39 is 9.84 Å². The van der Waals surface area contributed by atoms with Gasteiger partial charge in [-0.25, -0.2) is 8.42 Å². The van der Waals surface area contributed by atoms with E-state index in [0.717, 1.165) is 43.3 Å². The Kier molecular flexibility index (Phi) is 12.0. The van der Waals surface area contributed by atoms with E-state index in [1.807, 2.05) is 31.2 Å². The Morgan fingerprint density at radius 1 is 1.17 bits per heavy atom. The van der Waals surface area contributed by atoms with Crippen molar-refractivity contribution < 1.29 is 13.2 Å². The van der Waals surface area contributed by atoms with E-state index in [1.165, 1.54) is 6.26 Å². The quantitative estimate of drug-likeness (QED) is 0.250. The number of sulfone groups is 1.